The fraction of sp³-hybridized carbons (Fsp3) is 0.0769. The number of fused-ring (bicyclic) bond motifs is 1. The summed E-state index contributed by atoms with van der Waals surface area (Å²) in [7, 11) is 0. The summed E-state index contributed by atoms with van der Waals surface area (Å²) in [5.74, 6) is -0.964. The number of hydrogen-bond acceptors (Lipinski definition) is 5. The Morgan fingerprint density at radius 3 is 2.41 bits per heavy atom. The first-order valence-corrected chi connectivity index (χ1v) is 6.29. The first-order chi connectivity index (χ1) is 10.4. The van der Waals surface area contributed by atoms with Crippen LogP contribution in [0.25, 0.3) is 10.9 Å². The van der Waals surface area contributed by atoms with E-state index < -0.39 is 12.0 Å². The van der Waals surface area contributed by atoms with E-state index in [0.717, 1.165) is 6.20 Å². The van der Waals surface area contributed by atoms with Crippen LogP contribution < -0.4 is 4.74 Å². The molecule has 1 aromatic carbocycles. The van der Waals surface area contributed by atoms with Gasteiger partial charge in [0.25, 0.3) is 0 Å². The molecule has 0 unspecified atom stereocenters. The van der Waals surface area contributed by atoms with Crippen molar-refractivity contribution in [1.82, 2.24) is 19.9 Å². The van der Waals surface area contributed by atoms with E-state index in [-0.39, 0.29) is 17.3 Å². The monoisotopic (exact) mass is 326 g/mol. The molecule has 3 aromatic rings. The largest absolute Gasteiger partial charge is 0.451 e. The van der Waals surface area contributed by atoms with E-state index in [1.165, 1.54) is 24.5 Å². The number of benzene rings is 1. The molecule has 112 valence electrons. The van der Waals surface area contributed by atoms with Crippen molar-refractivity contribution in [2.75, 3.05) is 0 Å². The average Bonchev–Trinajstić information content (AvgIpc) is 2.48. The fourth-order valence-corrected chi connectivity index (χ4v) is 1.80. The topological polar surface area (TPSA) is 60.8 Å². The van der Waals surface area contributed by atoms with E-state index in [0.29, 0.717) is 10.4 Å². The quantitative estimate of drug-likeness (QED) is 0.715. The smallest absolute Gasteiger partial charge is 0.424 e. The first kappa shape index (κ1) is 14.5. The van der Waals surface area contributed by atoms with Gasteiger partial charge < -0.3 is 4.74 Å². The van der Waals surface area contributed by atoms with Crippen LogP contribution in [0.3, 0.4) is 0 Å². The van der Waals surface area contributed by atoms with Gasteiger partial charge in [-0.05, 0) is 12.1 Å². The lowest BCUT2D eigenvalue weighted by Gasteiger charge is -2.09. The number of halogens is 4. The van der Waals surface area contributed by atoms with E-state index in [1.54, 1.807) is 6.07 Å². The number of nitrogens with zero attached hydrogens (tertiary/aromatic N) is 4. The SMILES string of the molecule is FC(F)(F)c1ncc2c(Oc3ncc(Cl)cn3)cccc2n1. The lowest BCUT2D eigenvalue weighted by Crippen LogP contribution is -2.10. The summed E-state index contributed by atoms with van der Waals surface area (Å²) >= 11 is 5.66. The van der Waals surface area contributed by atoms with Crippen LogP contribution in [0.4, 0.5) is 13.2 Å². The lowest BCUT2D eigenvalue weighted by molar-refractivity contribution is -0.144. The van der Waals surface area contributed by atoms with E-state index in [9.17, 15) is 13.2 Å². The van der Waals surface area contributed by atoms with Crippen molar-refractivity contribution in [3.8, 4) is 11.8 Å². The molecule has 22 heavy (non-hydrogen) atoms. The molecular weight excluding hydrogens is 321 g/mol. The summed E-state index contributed by atoms with van der Waals surface area (Å²) in [6.07, 6.45) is -0.874. The lowest BCUT2D eigenvalue weighted by atomic mass is 10.2. The highest BCUT2D eigenvalue weighted by atomic mass is 35.5. The van der Waals surface area contributed by atoms with Gasteiger partial charge in [-0.25, -0.2) is 19.9 Å². The van der Waals surface area contributed by atoms with Crippen molar-refractivity contribution in [2.45, 2.75) is 6.18 Å². The Morgan fingerprint density at radius 2 is 1.73 bits per heavy atom. The Morgan fingerprint density at radius 1 is 1.00 bits per heavy atom. The molecule has 0 radical (unpaired) electrons. The van der Waals surface area contributed by atoms with Gasteiger partial charge in [-0.3, -0.25) is 0 Å². The molecule has 9 heteroatoms. The van der Waals surface area contributed by atoms with Crippen LogP contribution in [0.1, 0.15) is 5.82 Å². The summed E-state index contributed by atoms with van der Waals surface area (Å²) in [5.41, 5.74) is 0.105. The maximum atomic E-state index is 12.6. The van der Waals surface area contributed by atoms with Gasteiger partial charge >= 0.3 is 12.2 Å². The second-order valence-electron chi connectivity index (χ2n) is 4.17. The van der Waals surface area contributed by atoms with Crippen LogP contribution in [0.5, 0.6) is 11.8 Å². The van der Waals surface area contributed by atoms with Gasteiger partial charge in [-0.15, -0.1) is 0 Å². The van der Waals surface area contributed by atoms with E-state index in [4.69, 9.17) is 16.3 Å². The summed E-state index contributed by atoms with van der Waals surface area (Å²) in [5, 5.41) is 0.650. The van der Waals surface area contributed by atoms with Crippen molar-refractivity contribution in [1.29, 1.82) is 0 Å². The Kier molecular flexibility index (Phi) is 3.53. The molecule has 2 heterocycles. The van der Waals surface area contributed by atoms with Crippen LogP contribution in [0.2, 0.25) is 5.02 Å². The molecule has 3 rings (SSSR count). The molecular formula is C13H6ClF3N4O. The molecule has 5 nitrogen and oxygen atoms in total. The average molecular weight is 327 g/mol. The van der Waals surface area contributed by atoms with Crippen LogP contribution in [-0.4, -0.2) is 19.9 Å². The molecule has 0 amide bonds. The Bertz CT molecular complexity index is 824. The predicted octanol–water partition coefficient (Wildman–Crippen LogP) is 3.88. The highest BCUT2D eigenvalue weighted by Gasteiger charge is 2.34. The fourth-order valence-electron chi connectivity index (χ4n) is 1.71. The van der Waals surface area contributed by atoms with Crippen LogP contribution in [0, 0.1) is 0 Å². The number of aromatic nitrogens is 4. The third-order valence-electron chi connectivity index (χ3n) is 2.64. The summed E-state index contributed by atoms with van der Waals surface area (Å²) in [6.45, 7) is 0. The minimum atomic E-state index is -4.61. The Hall–Kier alpha value is -2.48. The summed E-state index contributed by atoms with van der Waals surface area (Å²) < 4.78 is 43.3. The number of hydrogen-bond donors (Lipinski definition) is 0. The van der Waals surface area contributed by atoms with Crippen molar-refractivity contribution in [3.05, 3.63) is 47.6 Å². The van der Waals surface area contributed by atoms with Gasteiger partial charge in [0, 0.05) is 6.20 Å². The molecule has 0 saturated heterocycles. The van der Waals surface area contributed by atoms with Crippen molar-refractivity contribution >= 4 is 22.5 Å². The number of alkyl halides is 3. The van der Waals surface area contributed by atoms with Gasteiger partial charge in [0.2, 0.25) is 5.82 Å². The molecule has 0 N–H and O–H groups in total. The molecule has 0 saturated carbocycles. The van der Waals surface area contributed by atoms with Gasteiger partial charge in [0.05, 0.1) is 28.3 Å². The second-order valence-corrected chi connectivity index (χ2v) is 4.60. The van der Waals surface area contributed by atoms with Crippen LogP contribution >= 0.6 is 11.6 Å². The zero-order valence-electron chi connectivity index (χ0n) is 10.7. The molecule has 0 aliphatic rings. The van der Waals surface area contributed by atoms with Crippen molar-refractivity contribution in [3.63, 3.8) is 0 Å². The third-order valence-corrected chi connectivity index (χ3v) is 2.83. The highest BCUT2D eigenvalue weighted by Crippen LogP contribution is 2.31. The van der Waals surface area contributed by atoms with Crippen LogP contribution in [0.15, 0.2) is 36.8 Å². The minimum Gasteiger partial charge on any atom is -0.424 e. The zero-order valence-corrected chi connectivity index (χ0v) is 11.4. The first-order valence-electron chi connectivity index (χ1n) is 5.92. The molecule has 0 atom stereocenters. The predicted molar refractivity (Wildman–Crippen MR) is 71.7 cm³/mol. The Balaban J connectivity index is 2.02. The minimum absolute atomic E-state index is 0.0109. The highest BCUT2D eigenvalue weighted by molar-refractivity contribution is 6.30. The zero-order chi connectivity index (χ0) is 15.7. The van der Waals surface area contributed by atoms with Gasteiger partial charge in [-0.2, -0.15) is 13.2 Å². The molecule has 0 aliphatic heterocycles. The van der Waals surface area contributed by atoms with Gasteiger partial charge in [0.1, 0.15) is 5.75 Å². The number of rotatable bonds is 2. The molecule has 0 spiro atoms. The number of ether oxygens (including phenoxy) is 1. The van der Waals surface area contributed by atoms with Crippen LogP contribution in [-0.2, 0) is 6.18 Å². The van der Waals surface area contributed by atoms with E-state index in [1.807, 2.05) is 0 Å². The molecule has 0 aliphatic carbocycles. The maximum absolute atomic E-state index is 12.6. The van der Waals surface area contributed by atoms with Crippen molar-refractivity contribution in [2.24, 2.45) is 0 Å². The maximum Gasteiger partial charge on any atom is 0.451 e. The van der Waals surface area contributed by atoms with Gasteiger partial charge in [-0.1, -0.05) is 17.7 Å². The Labute approximate surface area is 126 Å². The normalized spacial score (nSPS) is 11.6. The third kappa shape index (κ3) is 2.91. The standard InChI is InChI=1S/C13H6ClF3N4O/c14-7-4-19-12(20-5-7)22-10-3-1-2-9-8(10)6-18-11(21-9)13(15,16)17/h1-6H. The summed E-state index contributed by atoms with van der Waals surface area (Å²) in [4.78, 5) is 14.5. The molecule has 2 aromatic heterocycles. The molecule has 0 bridgehead atoms. The molecule has 0 fully saturated rings. The van der Waals surface area contributed by atoms with Gasteiger partial charge in [0.15, 0.2) is 0 Å². The van der Waals surface area contributed by atoms with E-state index >= 15 is 0 Å². The van der Waals surface area contributed by atoms with Crippen molar-refractivity contribution < 1.29 is 17.9 Å². The van der Waals surface area contributed by atoms with E-state index in [2.05, 4.69) is 19.9 Å². The summed E-state index contributed by atoms with van der Waals surface area (Å²) in [6, 6.07) is 4.51. The second kappa shape index (κ2) is 5.38.